The predicted molar refractivity (Wildman–Crippen MR) is 73.8 cm³/mol. The molecule has 0 aromatic carbocycles. The Morgan fingerprint density at radius 1 is 1.50 bits per heavy atom. The number of rotatable bonds is 5. The van der Waals surface area contributed by atoms with Crippen LogP contribution in [0.1, 0.15) is 13.8 Å². The molecular formula is C10H18ClNO4S2. The second kappa shape index (κ2) is 6.45. The van der Waals surface area contributed by atoms with Crippen molar-refractivity contribution < 1.29 is 18.3 Å². The van der Waals surface area contributed by atoms with Gasteiger partial charge >= 0.3 is 0 Å². The van der Waals surface area contributed by atoms with Gasteiger partial charge in [0.05, 0.1) is 34.8 Å². The van der Waals surface area contributed by atoms with Crippen molar-refractivity contribution in [3.63, 3.8) is 0 Å². The number of halogens is 1. The number of nitrogens with one attached hydrogen (secondary N) is 1. The zero-order valence-corrected chi connectivity index (χ0v) is 12.7. The third kappa shape index (κ3) is 4.95. The quantitative estimate of drug-likeness (QED) is 0.698. The van der Waals surface area contributed by atoms with Gasteiger partial charge in [0.25, 0.3) is 0 Å². The molecule has 1 aliphatic rings. The first kappa shape index (κ1) is 16.1. The third-order valence-corrected chi connectivity index (χ3v) is 6.51. The molecule has 0 aromatic rings. The lowest BCUT2D eigenvalue weighted by molar-refractivity contribution is -0.119. The Labute approximate surface area is 117 Å². The molecule has 5 nitrogen and oxygen atoms in total. The fourth-order valence-corrected chi connectivity index (χ4v) is 4.86. The Morgan fingerprint density at radius 2 is 2.11 bits per heavy atom. The predicted octanol–water partition coefficient (Wildman–Crippen LogP) is 0.00950. The molecule has 4 unspecified atom stereocenters. The molecule has 4 atom stereocenters. The Morgan fingerprint density at radius 3 is 2.56 bits per heavy atom. The van der Waals surface area contributed by atoms with E-state index >= 15 is 0 Å². The molecule has 18 heavy (non-hydrogen) atoms. The van der Waals surface area contributed by atoms with Crippen LogP contribution in [-0.4, -0.2) is 59.5 Å². The summed E-state index contributed by atoms with van der Waals surface area (Å²) in [7, 11) is -3.13. The lowest BCUT2D eigenvalue weighted by atomic mass is 10.2. The van der Waals surface area contributed by atoms with E-state index in [1.165, 1.54) is 11.8 Å². The molecule has 1 heterocycles. The average Bonchev–Trinajstić information content (AvgIpc) is 2.48. The van der Waals surface area contributed by atoms with Gasteiger partial charge in [0.2, 0.25) is 5.91 Å². The monoisotopic (exact) mass is 315 g/mol. The zero-order chi connectivity index (χ0) is 13.9. The summed E-state index contributed by atoms with van der Waals surface area (Å²) in [6.07, 6.45) is -0.490. The van der Waals surface area contributed by atoms with Crippen LogP contribution in [0.15, 0.2) is 0 Å². The number of hydrogen-bond acceptors (Lipinski definition) is 5. The number of aliphatic hydroxyl groups excluding tert-OH is 1. The van der Waals surface area contributed by atoms with Crippen LogP contribution in [-0.2, 0) is 14.6 Å². The second-order valence-corrected chi connectivity index (χ2v) is 8.60. The normalized spacial score (nSPS) is 29.8. The van der Waals surface area contributed by atoms with Gasteiger partial charge in [-0.2, -0.15) is 0 Å². The van der Waals surface area contributed by atoms with Gasteiger partial charge in [-0.1, -0.05) is 6.92 Å². The maximum Gasteiger partial charge on any atom is 0.230 e. The molecule has 0 bridgehead atoms. The fraction of sp³-hybridized carbons (Fsp3) is 0.900. The minimum atomic E-state index is -3.13. The summed E-state index contributed by atoms with van der Waals surface area (Å²) in [6, 6.07) is -0.508. The molecule has 0 spiro atoms. The molecule has 106 valence electrons. The summed E-state index contributed by atoms with van der Waals surface area (Å²) >= 11 is 7.20. The maximum atomic E-state index is 11.6. The number of amides is 1. The molecule has 1 fully saturated rings. The summed E-state index contributed by atoms with van der Waals surface area (Å²) in [6.45, 7) is 3.49. The van der Waals surface area contributed by atoms with Gasteiger partial charge in [-0.05, 0) is 6.92 Å². The van der Waals surface area contributed by atoms with Crippen LogP contribution in [0.4, 0.5) is 0 Å². The summed E-state index contributed by atoms with van der Waals surface area (Å²) < 4.78 is 22.6. The lowest BCUT2D eigenvalue weighted by Gasteiger charge is -2.16. The smallest absolute Gasteiger partial charge is 0.230 e. The molecule has 1 saturated heterocycles. The van der Waals surface area contributed by atoms with E-state index in [0.29, 0.717) is 0 Å². The van der Waals surface area contributed by atoms with E-state index in [1.54, 1.807) is 6.92 Å². The van der Waals surface area contributed by atoms with E-state index in [9.17, 15) is 18.3 Å². The van der Waals surface area contributed by atoms with Crippen molar-refractivity contribution in [2.75, 3.05) is 17.3 Å². The first-order valence-corrected chi connectivity index (χ1v) is 8.95. The largest absolute Gasteiger partial charge is 0.392 e. The number of carbonyl (C=O) groups is 1. The van der Waals surface area contributed by atoms with Crippen molar-refractivity contribution in [2.45, 2.75) is 36.6 Å². The number of alkyl halides is 1. The maximum absolute atomic E-state index is 11.6. The molecule has 1 amide bonds. The SMILES string of the molecule is CC(O)C(C)SCC(=O)NC1CS(=O)(=O)CC1Cl. The van der Waals surface area contributed by atoms with Crippen molar-refractivity contribution in [3.05, 3.63) is 0 Å². The topological polar surface area (TPSA) is 83.5 Å². The van der Waals surface area contributed by atoms with E-state index in [4.69, 9.17) is 11.6 Å². The zero-order valence-electron chi connectivity index (χ0n) is 10.3. The van der Waals surface area contributed by atoms with Crippen LogP contribution in [0.2, 0.25) is 0 Å². The van der Waals surface area contributed by atoms with E-state index in [2.05, 4.69) is 5.32 Å². The third-order valence-electron chi connectivity index (χ3n) is 2.79. The van der Waals surface area contributed by atoms with E-state index in [-0.39, 0.29) is 28.4 Å². The number of thioether (sulfide) groups is 1. The molecule has 0 radical (unpaired) electrons. The van der Waals surface area contributed by atoms with Crippen LogP contribution >= 0.6 is 23.4 Å². The van der Waals surface area contributed by atoms with Crippen molar-refractivity contribution in [2.24, 2.45) is 0 Å². The minimum absolute atomic E-state index is 0.0464. The van der Waals surface area contributed by atoms with Gasteiger partial charge in [-0.25, -0.2) is 8.42 Å². The first-order chi connectivity index (χ1) is 8.21. The number of hydrogen-bond donors (Lipinski definition) is 2. The van der Waals surface area contributed by atoms with E-state index < -0.39 is 27.4 Å². The molecule has 2 N–H and O–H groups in total. The van der Waals surface area contributed by atoms with Crippen LogP contribution in [0, 0.1) is 0 Å². The highest BCUT2D eigenvalue weighted by molar-refractivity contribution is 8.00. The van der Waals surface area contributed by atoms with Crippen molar-refractivity contribution in [1.29, 1.82) is 0 Å². The standard InChI is InChI=1S/C10H18ClNO4S2/c1-6(13)7(2)17-3-10(14)12-9-5-18(15,16)4-8(9)11/h6-9,13H,3-5H2,1-2H3,(H,12,14). The number of aliphatic hydroxyl groups is 1. The fourth-order valence-electron chi connectivity index (χ4n) is 1.53. The molecule has 1 aliphatic heterocycles. The number of sulfone groups is 1. The molecule has 0 aliphatic carbocycles. The molecule has 0 aromatic heterocycles. The van der Waals surface area contributed by atoms with Crippen molar-refractivity contribution in [3.8, 4) is 0 Å². The summed E-state index contributed by atoms with van der Waals surface area (Å²) in [5.74, 6) is -0.243. The van der Waals surface area contributed by atoms with Gasteiger partial charge in [0, 0.05) is 5.25 Å². The Kier molecular flexibility index (Phi) is 5.76. The van der Waals surface area contributed by atoms with Crippen LogP contribution in [0.5, 0.6) is 0 Å². The van der Waals surface area contributed by atoms with Crippen LogP contribution in [0.3, 0.4) is 0 Å². The molecule has 0 saturated carbocycles. The van der Waals surface area contributed by atoms with Gasteiger partial charge in [0.15, 0.2) is 9.84 Å². The minimum Gasteiger partial charge on any atom is -0.392 e. The van der Waals surface area contributed by atoms with Crippen molar-refractivity contribution >= 4 is 39.1 Å². The highest BCUT2D eigenvalue weighted by atomic mass is 35.5. The Hall–Kier alpha value is 0.0200. The second-order valence-electron chi connectivity index (χ2n) is 4.52. The number of carbonyl (C=O) groups excluding carboxylic acids is 1. The highest BCUT2D eigenvalue weighted by Crippen LogP contribution is 2.19. The summed E-state index contributed by atoms with van der Waals surface area (Å²) in [5.41, 5.74) is 0. The summed E-state index contributed by atoms with van der Waals surface area (Å²) in [5, 5.41) is 11.3. The summed E-state index contributed by atoms with van der Waals surface area (Å²) in [4.78, 5) is 11.6. The molecule has 1 rings (SSSR count). The van der Waals surface area contributed by atoms with Crippen LogP contribution in [0.25, 0.3) is 0 Å². The molecular weight excluding hydrogens is 298 g/mol. The van der Waals surface area contributed by atoms with Gasteiger partial charge in [-0.15, -0.1) is 23.4 Å². The van der Waals surface area contributed by atoms with E-state index in [1.807, 2.05) is 6.92 Å². The van der Waals surface area contributed by atoms with Crippen molar-refractivity contribution in [1.82, 2.24) is 5.32 Å². The first-order valence-electron chi connectivity index (χ1n) is 5.65. The van der Waals surface area contributed by atoms with E-state index in [0.717, 1.165) is 0 Å². The van der Waals surface area contributed by atoms with Gasteiger partial charge in [-0.3, -0.25) is 4.79 Å². The average molecular weight is 316 g/mol. The van der Waals surface area contributed by atoms with Crippen LogP contribution < -0.4 is 5.32 Å². The molecule has 8 heteroatoms. The lowest BCUT2D eigenvalue weighted by Crippen LogP contribution is -2.41. The Bertz CT molecular complexity index is 399. The van der Waals surface area contributed by atoms with Gasteiger partial charge in [0.1, 0.15) is 0 Å². The van der Waals surface area contributed by atoms with Gasteiger partial charge < -0.3 is 10.4 Å². The highest BCUT2D eigenvalue weighted by Gasteiger charge is 2.37. The Balaban J connectivity index is 2.37.